The van der Waals surface area contributed by atoms with Gasteiger partial charge < -0.3 is 18.9 Å². The van der Waals surface area contributed by atoms with Crippen LogP contribution >= 0.6 is 0 Å². The summed E-state index contributed by atoms with van der Waals surface area (Å²) in [5, 5.41) is 0. The molecule has 0 unspecified atom stereocenters. The van der Waals surface area contributed by atoms with Gasteiger partial charge in [0.05, 0.1) is 39.6 Å². The molecule has 0 saturated heterocycles. The highest BCUT2D eigenvalue weighted by molar-refractivity contribution is 6.07. The van der Waals surface area contributed by atoms with Crippen LogP contribution in [-0.2, 0) is 20.3 Å². The first-order chi connectivity index (χ1) is 17.8. The van der Waals surface area contributed by atoms with Crippen molar-refractivity contribution < 1.29 is 28.5 Å². The number of ether oxygens (including phenoxy) is 4. The smallest absolute Gasteiger partial charge is 0.338 e. The zero-order chi connectivity index (χ0) is 28.4. The van der Waals surface area contributed by atoms with Crippen molar-refractivity contribution in [2.75, 3.05) is 28.4 Å². The molecule has 3 aromatic rings. The zero-order valence-corrected chi connectivity index (χ0v) is 24.1. The third-order valence-corrected chi connectivity index (χ3v) is 6.68. The average molecular weight is 519 g/mol. The van der Waals surface area contributed by atoms with Gasteiger partial charge in [-0.05, 0) is 69.5 Å². The summed E-state index contributed by atoms with van der Waals surface area (Å²) in [4.78, 5) is 25.8. The molecule has 202 valence electrons. The average Bonchev–Trinajstić information content (AvgIpc) is 2.89. The van der Waals surface area contributed by atoms with Crippen molar-refractivity contribution in [1.82, 2.24) is 0 Å². The first-order valence-corrected chi connectivity index (χ1v) is 12.5. The van der Waals surface area contributed by atoms with Crippen LogP contribution in [0.5, 0.6) is 11.5 Å². The third kappa shape index (κ3) is 5.69. The minimum Gasteiger partial charge on any atom is -0.496 e. The van der Waals surface area contributed by atoms with Crippen LogP contribution < -0.4 is 9.47 Å². The van der Waals surface area contributed by atoms with Gasteiger partial charge in [-0.2, -0.15) is 0 Å². The molecule has 0 saturated carbocycles. The van der Waals surface area contributed by atoms with Gasteiger partial charge in [-0.1, -0.05) is 53.7 Å². The van der Waals surface area contributed by atoms with E-state index in [1.54, 1.807) is 26.4 Å². The highest BCUT2D eigenvalue weighted by Crippen LogP contribution is 2.45. The standard InChI is InChI=1S/C32H38O6/c1-31(2,3)19-11-13-27(35-7)23(15-19)21-17-25(29(33)37-9)26(30(34)38-10)18-22(21)24-16-20(32(4,5)6)12-14-28(24)36-8/h11-18H,1-10H3. The molecule has 0 N–H and O–H groups in total. The van der Waals surface area contributed by atoms with E-state index < -0.39 is 11.9 Å². The number of carbonyl (C=O) groups is 2. The Morgan fingerprint density at radius 3 is 1.13 bits per heavy atom. The highest BCUT2D eigenvalue weighted by Gasteiger charge is 2.27. The van der Waals surface area contributed by atoms with Crippen LogP contribution in [0.25, 0.3) is 22.3 Å². The lowest BCUT2D eigenvalue weighted by Crippen LogP contribution is -2.14. The highest BCUT2D eigenvalue weighted by atomic mass is 16.5. The van der Waals surface area contributed by atoms with Crippen molar-refractivity contribution in [3.05, 3.63) is 70.8 Å². The summed E-state index contributed by atoms with van der Waals surface area (Å²) in [7, 11) is 5.79. The van der Waals surface area contributed by atoms with Gasteiger partial charge in [0.1, 0.15) is 11.5 Å². The van der Waals surface area contributed by atoms with E-state index in [1.165, 1.54) is 14.2 Å². The summed E-state index contributed by atoms with van der Waals surface area (Å²) in [6.45, 7) is 12.8. The van der Waals surface area contributed by atoms with Gasteiger partial charge in [0.15, 0.2) is 0 Å². The summed E-state index contributed by atoms with van der Waals surface area (Å²) in [5.41, 5.74) is 5.07. The van der Waals surface area contributed by atoms with E-state index in [4.69, 9.17) is 18.9 Å². The monoisotopic (exact) mass is 518 g/mol. The number of benzene rings is 3. The molecule has 0 amide bonds. The van der Waals surface area contributed by atoms with Gasteiger partial charge >= 0.3 is 11.9 Å². The van der Waals surface area contributed by atoms with Gasteiger partial charge in [0.2, 0.25) is 0 Å². The number of hydrogen-bond donors (Lipinski definition) is 0. The maximum atomic E-state index is 12.9. The first kappa shape index (κ1) is 28.8. The van der Waals surface area contributed by atoms with Crippen molar-refractivity contribution in [2.45, 2.75) is 52.4 Å². The summed E-state index contributed by atoms with van der Waals surface area (Å²) < 4.78 is 21.7. The molecule has 0 atom stereocenters. The Morgan fingerprint density at radius 2 is 0.868 bits per heavy atom. The van der Waals surface area contributed by atoms with Gasteiger partial charge in [-0.25, -0.2) is 9.59 Å². The third-order valence-electron chi connectivity index (χ3n) is 6.68. The molecule has 0 bridgehead atoms. The molecular weight excluding hydrogens is 480 g/mol. The molecule has 0 aromatic heterocycles. The Kier molecular flexibility index (Phi) is 8.25. The lowest BCUT2D eigenvalue weighted by molar-refractivity contribution is 0.0555. The number of esters is 2. The Morgan fingerprint density at radius 1 is 0.526 bits per heavy atom. The Hall–Kier alpha value is -3.80. The van der Waals surface area contributed by atoms with Crippen LogP contribution in [0, 0.1) is 0 Å². The van der Waals surface area contributed by atoms with Crippen LogP contribution in [0.4, 0.5) is 0 Å². The molecule has 0 radical (unpaired) electrons. The molecule has 6 heteroatoms. The van der Waals surface area contributed by atoms with Crippen LogP contribution in [-0.4, -0.2) is 40.4 Å². The van der Waals surface area contributed by atoms with Crippen molar-refractivity contribution in [3.8, 4) is 33.8 Å². The second kappa shape index (κ2) is 10.9. The van der Waals surface area contributed by atoms with Gasteiger partial charge in [-0.15, -0.1) is 0 Å². The molecule has 3 rings (SSSR count). The van der Waals surface area contributed by atoms with Gasteiger partial charge in [-0.3, -0.25) is 0 Å². The van der Waals surface area contributed by atoms with Gasteiger partial charge in [0, 0.05) is 11.1 Å². The predicted octanol–water partition coefficient (Wildman–Crippen LogP) is 7.21. The molecule has 6 nitrogen and oxygen atoms in total. The fourth-order valence-electron chi connectivity index (χ4n) is 4.37. The summed E-state index contributed by atoms with van der Waals surface area (Å²) >= 11 is 0. The van der Waals surface area contributed by atoms with E-state index in [2.05, 4.69) is 53.7 Å². The fraction of sp³-hybridized carbons (Fsp3) is 0.375. The minimum absolute atomic E-state index is 0.104. The predicted molar refractivity (Wildman–Crippen MR) is 150 cm³/mol. The molecule has 0 spiro atoms. The van der Waals surface area contributed by atoms with Crippen molar-refractivity contribution >= 4 is 11.9 Å². The number of methoxy groups -OCH3 is 4. The second-order valence-electron chi connectivity index (χ2n) is 11.3. The normalized spacial score (nSPS) is 11.6. The fourth-order valence-corrected chi connectivity index (χ4v) is 4.37. The quantitative estimate of drug-likeness (QED) is 0.321. The first-order valence-electron chi connectivity index (χ1n) is 12.5. The number of hydrogen-bond acceptors (Lipinski definition) is 6. The maximum Gasteiger partial charge on any atom is 0.338 e. The molecule has 3 aromatic carbocycles. The van der Waals surface area contributed by atoms with E-state index >= 15 is 0 Å². The molecular formula is C32H38O6. The van der Waals surface area contributed by atoms with Crippen LogP contribution in [0.2, 0.25) is 0 Å². The Labute approximate surface area is 225 Å². The van der Waals surface area contributed by atoms with E-state index in [1.807, 2.05) is 24.3 Å². The largest absolute Gasteiger partial charge is 0.496 e. The second-order valence-corrected chi connectivity index (χ2v) is 11.3. The number of carbonyl (C=O) groups excluding carboxylic acids is 2. The zero-order valence-electron chi connectivity index (χ0n) is 24.1. The van der Waals surface area contributed by atoms with E-state index in [0.717, 1.165) is 22.3 Å². The molecule has 38 heavy (non-hydrogen) atoms. The Balaban J connectivity index is 2.56. The maximum absolute atomic E-state index is 12.9. The molecule has 0 heterocycles. The molecule has 0 aliphatic heterocycles. The van der Waals surface area contributed by atoms with Gasteiger partial charge in [0.25, 0.3) is 0 Å². The molecule has 0 aliphatic rings. The summed E-state index contributed by atoms with van der Waals surface area (Å²) in [6.07, 6.45) is 0. The van der Waals surface area contributed by atoms with E-state index in [-0.39, 0.29) is 22.0 Å². The van der Waals surface area contributed by atoms with Crippen LogP contribution in [0.15, 0.2) is 48.5 Å². The molecule has 0 aliphatic carbocycles. The van der Waals surface area contributed by atoms with Crippen molar-refractivity contribution in [2.24, 2.45) is 0 Å². The molecule has 0 fully saturated rings. The van der Waals surface area contributed by atoms with E-state index in [9.17, 15) is 9.59 Å². The van der Waals surface area contributed by atoms with Crippen LogP contribution in [0.1, 0.15) is 73.4 Å². The van der Waals surface area contributed by atoms with Crippen LogP contribution in [0.3, 0.4) is 0 Å². The lowest BCUT2D eigenvalue weighted by Gasteiger charge is -2.24. The topological polar surface area (TPSA) is 71.1 Å². The van der Waals surface area contributed by atoms with E-state index in [0.29, 0.717) is 22.6 Å². The minimum atomic E-state index is -0.639. The van der Waals surface area contributed by atoms with Crippen molar-refractivity contribution in [3.63, 3.8) is 0 Å². The number of rotatable bonds is 6. The Bertz CT molecular complexity index is 1250. The van der Waals surface area contributed by atoms with Crippen molar-refractivity contribution in [1.29, 1.82) is 0 Å². The lowest BCUT2D eigenvalue weighted by atomic mass is 9.81. The summed E-state index contributed by atoms with van der Waals surface area (Å²) in [6, 6.07) is 15.4. The summed E-state index contributed by atoms with van der Waals surface area (Å²) in [5.74, 6) is -0.0160. The SMILES string of the molecule is COC(=O)c1cc(-c2cc(C(C)(C)C)ccc2OC)c(-c2cc(C(C)(C)C)ccc2OC)cc1C(=O)OC.